The van der Waals surface area contributed by atoms with Crippen molar-refractivity contribution in [3.8, 4) is 5.75 Å². The number of ether oxygens (including phenoxy) is 2. The van der Waals surface area contributed by atoms with E-state index in [2.05, 4.69) is 0 Å². The molecule has 92 valence electrons. The largest absolute Gasteiger partial charge is 0.496 e. The molecular weight excluding hydrogens is 220 g/mol. The first-order valence-corrected chi connectivity index (χ1v) is 5.54. The zero-order valence-electron chi connectivity index (χ0n) is 9.76. The van der Waals surface area contributed by atoms with Crippen LogP contribution in [0.5, 0.6) is 5.75 Å². The van der Waals surface area contributed by atoms with E-state index in [9.17, 15) is 4.79 Å². The van der Waals surface area contributed by atoms with Crippen molar-refractivity contribution in [3.05, 3.63) is 29.8 Å². The van der Waals surface area contributed by atoms with E-state index in [-0.39, 0.29) is 12.1 Å². The number of benzene rings is 1. The summed E-state index contributed by atoms with van der Waals surface area (Å²) in [5.41, 5.74) is 6.45. The normalized spacial score (nSPS) is 19.3. The second-order valence-corrected chi connectivity index (χ2v) is 3.82. The summed E-state index contributed by atoms with van der Waals surface area (Å²) in [6, 6.07) is 7.52. The molecule has 1 atom stereocenters. The van der Waals surface area contributed by atoms with Gasteiger partial charge in [0.2, 0.25) is 0 Å². The molecule has 1 aliphatic rings. The van der Waals surface area contributed by atoms with Gasteiger partial charge in [0.1, 0.15) is 12.4 Å². The Morgan fingerprint density at radius 1 is 1.53 bits per heavy atom. The standard InChI is InChI=1S/C12H16N2O3/c1-16-11-5-3-2-4-9(11)10-8-17-12(15)14(10)7-6-13/h2-5,10H,6-8,13H2,1H3. The van der Waals surface area contributed by atoms with Gasteiger partial charge in [0.05, 0.1) is 13.2 Å². The average Bonchev–Trinajstić information content (AvgIpc) is 2.72. The highest BCUT2D eigenvalue weighted by Gasteiger charge is 2.34. The van der Waals surface area contributed by atoms with Crippen LogP contribution in [0, 0.1) is 0 Å². The molecule has 1 fully saturated rings. The molecule has 1 heterocycles. The number of carbonyl (C=O) groups is 1. The number of methoxy groups -OCH3 is 1. The highest BCUT2D eigenvalue weighted by Crippen LogP contribution is 2.33. The third-order valence-corrected chi connectivity index (χ3v) is 2.84. The lowest BCUT2D eigenvalue weighted by Gasteiger charge is -2.22. The first-order valence-electron chi connectivity index (χ1n) is 5.54. The van der Waals surface area contributed by atoms with Gasteiger partial charge in [-0.1, -0.05) is 18.2 Å². The van der Waals surface area contributed by atoms with Crippen LogP contribution in [0.4, 0.5) is 4.79 Å². The Kier molecular flexibility index (Phi) is 3.49. The minimum atomic E-state index is -0.314. The fourth-order valence-electron chi connectivity index (χ4n) is 2.04. The predicted octanol–water partition coefficient (Wildman–Crippen LogP) is 1.15. The molecule has 1 aromatic carbocycles. The van der Waals surface area contributed by atoms with Gasteiger partial charge >= 0.3 is 6.09 Å². The van der Waals surface area contributed by atoms with Gasteiger partial charge in [0.15, 0.2) is 0 Å². The second-order valence-electron chi connectivity index (χ2n) is 3.82. The maximum Gasteiger partial charge on any atom is 0.410 e. The van der Waals surface area contributed by atoms with Crippen LogP contribution in [-0.4, -0.2) is 37.8 Å². The minimum absolute atomic E-state index is 0.109. The quantitative estimate of drug-likeness (QED) is 0.851. The topological polar surface area (TPSA) is 64.8 Å². The third-order valence-electron chi connectivity index (χ3n) is 2.84. The molecule has 1 aliphatic heterocycles. The van der Waals surface area contributed by atoms with Gasteiger partial charge in [-0.15, -0.1) is 0 Å². The lowest BCUT2D eigenvalue weighted by Crippen LogP contribution is -2.32. The lowest BCUT2D eigenvalue weighted by atomic mass is 10.1. The van der Waals surface area contributed by atoms with E-state index in [0.29, 0.717) is 19.7 Å². The summed E-state index contributed by atoms with van der Waals surface area (Å²) in [7, 11) is 1.61. The van der Waals surface area contributed by atoms with Crippen LogP contribution >= 0.6 is 0 Å². The van der Waals surface area contributed by atoms with Crippen LogP contribution in [-0.2, 0) is 4.74 Å². The van der Waals surface area contributed by atoms with Crippen molar-refractivity contribution >= 4 is 6.09 Å². The first kappa shape index (κ1) is 11.7. The summed E-state index contributed by atoms with van der Waals surface area (Å²) in [6.07, 6.45) is -0.314. The van der Waals surface area contributed by atoms with Crippen LogP contribution in [0.2, 0.25) is 0 Å². The van der Waals surface area contributed by atoms with Gasteiger partial charge < -0.3 is 15.2 Å². The Morgan fingerprint density at radius 2 is 2.29 bits per heavy atom. The summed E-state index contributed by atoms with van der Waals surface area (Å²) in [4.78, 5) is 13.2. The number of cyclic esters (lactones) is 1. The smallest absolute Gasteiger partial charge is 0.410 e. The fraction of sp³-hybridized carbons (Fsp3) is 0.417. The highest BCUT2D eigenvalue weighted by atomic mass is 16.6. The number of carbonyl (C=O) groups excluding carboxylic acids is 1. The van der Waals surface area contributed by atoms with E-state index in [1.54, 1.807) is 12.0 Å². The molecule has 1 amide bonds. The van der Waals surface area contributed by atoms with Crippen molar-refractivity contribution in [2.45, 2.75) is 6.04 Å². The molecule has 0 aliphatic carbocycles. The molecule has 5 nitrogen and oxygen atoms in total. The number of para-hydroxylation sites is 1. The summed E-state index contributed by atoms with van der Waals surface area (Å²) in [6.45, 7) is 1.25. The molecule has 1 saturated heterocycles. The van der Waals surface area contributed by atoms with Crippen molar-refractivity contribution in [1.29, 1.82) is 0 Å². The van der Waals surface area contributed by atoms with E-state index in [4.69, 9.17) is 15.2 Å². The first-order chi connectivity index (χ1) is 8.27. The second kappa shape index (κ2) is 5.05. The molecule has 0 bridgehead atoms. The molecule has 2 rings (SSSR count). The monoisotopic (exact) mass is 236 g/mol. The van der Waals surface area contributed by atoms with E-state index in [0.717, 1.165) is 11.3 Å². The number of amides is 1. The maximum atomic E-state index is 11.6. The van der Waals surface area contributed by atoms with Crippen LogP contribution in [0.3, 0.4) is 0 Å². The fourth-order valence-corrected chi connectivity index (χ4v) is 2.04. The maximum absolute atomic E-state index is 11.6. The van der Waals surface area contributed by atoms with Gasteiger partial charge in [-0.25, -0.2) is 4.79 Å². The number of rotatable bonds is 4. The van der Waals surface area contributed by atoms with E-state index in [1.807, 2.05) is 24.3 Å². The molecule has 0 aromatic heterocycles. The molecule has 0 saturated carbocycles. The lowest BCUT2D eigenvalue weighted by molar-refractivity contribution is 0.158. The van der Waals surface area contributed by atoms with Gasteiger partial charge in [0, 0.05) is 18.7 Å². The number of nitrogens with zero attached hydrogens (tertiary/aromatic N) is 1. The molecule has 1 unspecified atom stereocenters. The molecule has 2 N–H and O–H groups in total. The van der Waals surface area contributed by atoms with Crippen molar-refractivity contribution in [1.82, 2.24) is 4.90 Å². The molecule has 5 heteroatoms. The Balaban J connectivity index is 2.29. The zero-order chi connectivity index (χ0) is 12.3. The number of nitrogens with two attached hydrogens (primary N) is 1. The van der Waals surface area contributed by atoms with Crippen molar-refractivity contribution in [2.75, 3.05) is 26.8 Å². The molecule has 0 radical (unpaired) electrons. The van der Waals surface area contributed by atoms with Crippen LogP contribution in [0.1, 0.15) is 11.6 Å². The molecule has 0 spiro atoms. The van der Waals surface area contributed by atoms with Crippen molar-refractivity contribution in [3.63, 3.8) is 0 Å². The van der Waals surface area contributed by atoms with Crippen LogP contribution in [0.15, 0.2) is 24.3 Å². The SMILES string of the molecule is COc1ccccc1C1COC(=O)N1CCN. The minimum Gasteiger partial charge on any atom is -0.496 e. The third kappa shape index (κ3) is 2.19. The summed E-state index contributed by atoms with van der Waals surface area (Å²) in [5.74, 6) is 0.762. The highest BCUT2D eigenvalue weighted by molar-refractivity contribution is 5.71. The van der Waals surface area contributed by atoms with Crippen LogP contribution < -0.4 is 10.5 Å². The molecular formula is C12H16N2O3. The predicted molar refractivity (Wildman–Crippen MR) is 62.8 cm³/mol. The Labute approximate surface area is 100 Å². The van der Waals surface area contributed by atoms with E-state index >= 15 is 0 Å². The van der Waals surface area contributed by atoms with Crippen LogP contribution in [0.25, 0.3) is 0 Å². The molecule has 17 heavy (non-hydrogen) atoms. The zero-order valence-corrected chi connectivity index (χ0v) is 9.76. The summed E-state index contributed by atoms with van der Waals surface area (Å²) >= 11 is 0. The number of hydrogen-bond acceptors (Lipinski definition) is 4. The Bertz CT molecular complexity index is 408. The van der Waals surface area contributed by atoms with Gasteiger partial charge in [-0.2, -0.15) is 0 Å². The summed E-state index contributed by atoms with van der Waals surface area (Å²) < 4.78 is 10.4. The van der Waals surface area contributed by atoms with E-state index < -0.39 is 0 Å². The van der Waals surface area contributed by atoms with Crippen molar-refractivity contribution < 1.29 is 14.3 Å². The van der Waals surface area contributed by atoms with Gasteiger partial charge in [-0.3, -0.25) is 4.90 Å². The Morgan fingerprint density at radius 3 is 3.00 bits per heavy atom. The van der Waals surface area contributed by atoms with Crippen molar-refractivity contribution in [2.24, 2.45) is 5.73 Å². The van der Waals surface area contributed by atoms with Gasteiger partial charge in [-0.05, 0) is 6.07 Å². The number of hydrogen-bond donors (Lipinski definition) is 1. The summed E-state index contributed by atoms with van der Waals surface area (Å²) in [5, 5.41) is 0. The van der Waals surface area contributed by atoms with Gasteiger partial charge in [0.25, 0.3) is 0 Å². The Hall–Kier alpha value is -1.75. The van der Waals surface area contributed by atoms with E-state index in [1.165, 1.54) is 0 Å². The molecule has 1 aromatic rings. The average molecular weight is 236 g/mol.